The second-order valence-corrected chi connectivity index (χ2v) is 6.64. The van der Waals surface area contributed by atoms with Gasteiger partial charge in [-0.25, -0.2) is 0 Å². The van der Waals surface area contributed by atoms with E-state index in [9.17, 15) is 0 Å². The van der Waals surface area contributed by atoms with Gasteiger partial charge in [-0.2, -0.15) is 0 Å². The van der Waals surface area contributed by atoms with Gasteiger partial charge in [-0.15, -0.1) is 0 Å². The summed E-state index contributed by atoms with van der Waals surface area (Å²) in [6, 6.07) is 0. The summed E-state index contributed by atoms with van der Waals surface area (Å²) < 4.78 is 5.71. The van der Waals surface area contributed by atoms with Crippen LogP contribution in [-0.2, 0) is 4.74 Å². The maximum atomic E-state index is 8.69. The van der Waals surface area contributed by atoms with Gasteiger partial charge < -0.3 is 9.84 Å². The molecule has 0 unspecified atom stereocenters. The highest BCUT2D eigenvalue weighted by atomic mass is 16.5. The van der Waals surface area contributed by atoms with Crippen molar-refractivity contribution in [2.75, 3.05) is 19.8 Å². The Hall–Kier alpha value is -0.0800. The van der Waals surface area contributed by atoms with Crippen molar-refractivity contribution in [2.24, 2.45) is 0 Å². The molecule has 2 nitrogen and oxygen atoms in total. The van der Waals surface area contributed by atoms with Gasteiger partial charge in [0.2, 0.25) is 0 Å². The van der Waals surface area contributed by atoms with Crippen LogP contribution in [0.3, 0.4) is 0 Å². The first-order valence-corrected chi connectivity index (χ1v) is 10.1. The maximum Gasteiger partial charge on any atom is 0.0466 e. The molecule has 134 valence electrons. The summed E-state index contributed by atoms with van der Waals surface area (Å²) in [4.78, 5) is 0. The number of hydrogen-bond acceptors (Lipinski definition) is 2. The first kappa shape index (κ1) is 21.9. The van der Waals surface area contributed by atoms with E-state index >= 15 is 0 Å². The van der Waals surface area contributed by atoms with Crippen molar-refractivity contribution in [3.63, 3.8) is 0 Å². The smallest absolute Gasteiger partial charge is 0.0466 e. The van der Waals surface area contributed by atoms with Crippen molar-refractivity contribution in [1.82, 2.24) is 0 Å². The van der Waals surface area contributed by atoms with E-state index in [1.807, 2.05) is 0 Å². The van der Waals surface area contributed by atoms with Crippen molar-refractivity contribution in [3.8, 4) is 0 Å². The van der Waals surface area contributed by atoms with Gasteiger partial charge in [0, 0.05) is 19.8 Å². The predicted octanol–water partition coefficient (Wildman–Crippen LogP) is 6.26. The minimum Gasteiger partial charge on any atom is -0.396 e. The molecule has 0 aromatic rings. The van der Waals surface area contributed by atoms with E-state index in [-0.39, 0.29) is 0 Å². The van der Waals surface area contributed by atoms with Crippen molar-refractivity contribution in [3.05, 3.63) is 0 Å². The highest BCUT2D eigenvalue weighted by molar-refractivity contribution is 4.48. The first-order valence-electron chi connectivity index (χ1n) is 10.1. The monoisotopic (exact) mass is 314 g/mol. The van der Waals surface area contributed by atoms with Gasteiger partial charge >= 0.3 is 0 Å². The summed E-state index contributed by atoms with van der Waals surface area (Å²) >= 11 is 0. The Bertz CT molecular complexity index is 163. The van der Waals surface area contributed by atoms with Gasteiger partial charge in [-0.05, 0) is 19.3 Å². The van der Waals surface area contributed by atoms with Crippen LogP contribution in [0.1, 0.15) is 110 Å². The zero-order valence-electron chi connectivity index (χ0n) is 15.3. The van der Waals surface area contributed by atoms with Gasteiger partial charge in [0.15, 0.2) is 0 Å². The van der Waals surface area contributed by atoms with E-state index in [0.717, 1.165) is 19.6 Å². The highest BCUT2D eigenvalue weighted by Crippen LogP contribution is 2.10. The minimum absolute atomic E-state index is 0.360. The number of unbranched alkanes of at least 4 members (excludes halogenated alkanes) is 14. The molecule has 0 bridgehead atoms. The fraction of sp³-hybridized carbons (Fsp3) is 1.00. The molecule has 0 aromatic heterocycles. The molecule has 1 N–H and O–H groups in total. The van der Waals surface area contributed by atoms with E-state index in [2.05, 4.69) is 6.92 Å². The van der Waals surface area contributed by atoms with Crippen LogP contribution >= 0.6 is 0 Å². The lowest BCUT2D eigenvalue weighted by Gasteiger charge is -2.05. The zero-order chi connectivity index (χ0) is 16.1. The first-order chi connectivity index (χ1) is 10.9. The van der Waals surface area contributed by atoms with Crippen LogP contribution in [0.2, 0.25) is 0 Å². The molecule has 0 aliphatic heterocycles. The normalized spacial score (nSPS) is 11.2. The third-order valence-electron chi connectivity index (χ3n) is 4.34. The maximum absolute atomic E-state index is 8.69. The van der Waals surface area contributed by atoms with Gasteiger partial charge in [0.1, 0.15) is 0 Å². The second-order valence-electron chi connectivity index (χ2n) is 6.64. The highest BCUT2D eigenvalue weighted by Gasteiger charge is 1.94. The fourth-order valence-corrected chi connectivity index (χ4v) is 2.82. The van der Waals surface area contributed by atoms with E-state index in [1.54, 1.807) is 0 Å². The van der Waals surface area contributed by atoms with E-state index < -0.39 is 0 Å². The molecule has 0 radical (unpaired) electrons. The van der Waals surface area contributed by atoms with Crippen molar-refractivity contribution in [1.29, 1.82) is 0 Å². The Morgan fingerprint density at radius 3 is 1.27 bits per heavy atom. The van der Waals surface area contributed by atoms with Crippen LogP contribution in [0.25, 0.3) is 0 Å². The van der Waals surface area contributed by atoms with Crippen molar-refractivity contribution in [2.45, 2.75) is 110 Å². The van der Waals surface area contributed by atoms with Crippen molar-refractivity contribution < 1.29 is 9.84 Å². The Balaban J connectivity index is 2.91. The van der Waals surface area contributed by atoms with Gasteiger partial charge in [-0.3, -0.25) is 0 Å². The summed E-state index contributed by atoms with van der Waals surface area (Å²) in [5.74, 6) is 0. The van der Waals surface area contributed by atoms with Gasteiger partial charge in [0.05, 0.1) is 0 Å². The van der Waals surface area contributed by atoms with Crippen LogP contribution in [-0.4, -0.2) is 24.9 Å². The summed E-state index contributed by atoms with van der Waals surface area (Å²) in [6.45, 7) is 4.57. The molecule has 0 heterocycles. The second kappa shape index (κ2) is 20.9. The molecule has 22 heavy (non-hydrogen) atoms. The average molecular weight is 315 g/mol. The lowest BCUT2D eigenvalue weighted by Crippen LogP contribution is -1.97. The quantitative estimate of drug-likeness (QED) is 0.285. The molecule has 0 aliphatic carbocycles. The number of ether oxygens (including phenoxy) is 1. The largest absolute Gasteiger partial charge is 0.396 e. The Morgan fingerprint density at radius 2 is 0.864 bits per heavy atom. The number of aliphatic hydroxyl groups excluding tert-OH is 1. The topological polar surface area (TPSA) is 29.5 Å². The molecule has 0 aliphatic rings. The van der Waals surface area contributed by atoms with E-state index in [0.29, 0.717) is 6.61 Å². The van der Waals surface area contributed by atoms with Crippen LogP contribution < -0.4 is 0 Å². The summed E-state index contributed by atoms with van der Waals surface area (Å²) in [6.07, 6.45) is 21.0. The third kappa shape index (κ3) is 19.9. The zero-order valence-corrected chi connectivity index (χ0v) is 15.3. The van der Waals surface area contributed by atoms with Crippen LogP contribution in [0.5, 0.6) is 0 Å². The molecule has 0 aromatic carbocycles. The lowest BCUT2D eigenvalue weighted by atomic mass is 10.1. The Labute approximate surface area is 140 Å². The molecule has 0 saturated carbocycles. The molecule has 0 rings (SSSR count). The van der Waals surface area contributed by atoms with Crippen molar-refractivity contribution >= 4 is 0 Å². The Kier molecular flexibility index (Phi) is 20.8. The molecule has 0 atom stereocenters. The minimum atomic E-state index is 0.360. The summed E-state index contributed by atoms with van der Waals surface area (Å²) in [7, 11) is 0. The SMILES string of the molecule is CCCCCCCCCOCCCCCCCCCCCO. The number of hydrogen-bond donors (Lipinski definition) is 1. The van der Waals surface area contributed by atoms with E-state index in [1.165, 1.54) is 96.3 Å². The standard InChI is InChI=1S/C20H42O2/c1-2-3-4-5-10-13-16-19-22-20-17-14-11-8-6-7-9-12-15-18-21/h21H,2-20H2,1H3. The van der Waals surface area contributed by atoms with E-state index in [4.69, 9.17) is 9.84 Å². The lowest BCUT2D eigenvalue weighted by molar-refractivity contribution is 0.125. The summed E-state index contributed by atoms with van der Waals surface area (Å²) in [5.41, 5.74) is 0. The third-order valence-corrected chi connectivity index (χ3v) is 4.34. The molecule has 0 spiro atoms. The predicted molar refractivity (Wildman–Crippen MR) is 97.5 cm³/mol. The Morgan fingerprint density at radius 1 is 0.500 bits per heavy atom. The molecular weight excluding hydrogens is 272 g/mol. The summed E-state index contributed by atoms with van der Waals surface area (Å²) in [5, 5.41) is 8.69. The van der Waals surface area contributed by atoms with Gasteiger partial charge in [0.25, 0.3) is 0 Å². The molecule has 0 saturated heterocycles. The molecule has 2 heteroatoms. The molecular formula is C20H42O2. The average Bonchev–Trinajstić information content (AvgIpc) is 2.54. The molecule has 0 amide bonds. The number of aliphatic hydroxyl groups is 1. The van der Waals surface area contributed by atoms with Crippen LogP contribution in [0.15, 0.2) is 0 Å². The van der Waals surface area contributed by atoms with Crippen LogP contribution in [0, 0.1) is 0 Å². The fourth-order valence-electron chi connectivity index (χ4n) is 2.82. The number of rotatable bonds is 19. The van der Waals surface area contributed by atoms with Gasteiger partial charge in [-0.1, -0.05) is 90.4 Å². The molecule has 0 fully saturated rings. The van der Waals surface area contributed by atoms with Crippen LogP contribution in [0.4, 0.5) is 0 Å².